The van der Waals surface area contributed by atoms with Crippen LogP contribution in [0.15, 0.2) is 0 Å². The van der Waals surface area contributed by atoms with E-state index in [0.717, 1.165) is 43.5 Å². The Labute approximate surface area is 128 Å². The van der Waals surface area contributed by atoms with E-state index in [2.05, 4.69) is 17.1 Å². The van der Waals surface area contributed by atoms with Crippen molar-refractivity contribution >= 4 is 21.6 Å². The molecular formula is C14H28N2O2S2. The first-order valence-corrected chi connectivity index (χ1v) is 10.7. The molecule has 2 aliphatic rings. The minimum atomic E-state index is -2.96. The van der Waals surface area contributed by atoms with Crippen molar-refractivity contribution in [3.05, 3.63) is 0 Å². The molecule has 0 amide bonds. The average molecular weight is 321 g/mol. The van der Waals surface area contributed by atoms with E-state index in [-0.39, 0.29) is 11.1 Å². The first-order chi connectivity index (χ1) is 9.54. The lowest BCUT2D eigenvalue weighted by Gasteiger charge is -2.39. The Morgan fingerprint density at radius 3 is 2.80 bits per heavy atom. The molecule has 0 bridgehead atoms. The predicted octanol–water partition coefficient (Wildman–Crippen LogP) is 1.72. The van der Waals surface area contributed by atoms with E-state index in [9.17, 15) is 8.42 Å². The van der Waals surface area contributed by atoms with Crippen LogP contribution >= 0.6 is 11.8 Å². The molecule has 0 aromatic rings. The third-order valence-electron chi connectivity index (χ3n) is 4.32. The highest BCUT2D eigenvalue weighted by molar-refractivity contribution is 8.01. The molecule has 2 fully saturated rings. The van der Waals surface area contributed by atoms with Gasteiger partial charge < -0.3 is 5.32 Å². The van der Waals surface area contributed by atoms with Gasteiger partial charge in [0.05, 0.1) is 0 Å². The molecule has 20 heavy (non-hydrogen) atoms. The van der Waals surface area contributed by atoms with Crippen molar-refractivity contribution in [2.45, 2.75) is 57.0 Å². The van der Waals surface area contributed by atoms with Crippen LogP contribution in [0.25, 0.3) is 0 Å². The topological polar surface area (TPSA) is 49.4 Å². The van der Waals surface area contributed by atoms with Gasteiger partial charge in [0.1, 0.15) is 5.37 Å². The number of hydrogen-bond acceptors (Lipinski definition) is 5. The first-order valence-electron chi connectivity index (χ1n) is 7.83. The van der Waals surface area contributed by atoms with Gasteiger partial charge in [0.2, 0.25) is 0 Å². The molecule has 6 heteroatoms. The number of thioether (sulfide) groups is 1. The Hall–Kier alpha value is 0.220. The highest BCUT2D eigenvalue weighted by Crippen LogP contribution is 2.25. The molecular weight excluding hydrogens is 292 g/mol. The van der Waals surface area contributed by atoms with E-state index in [0.29, 0.717) is 6.04 Å². The summed E-state index contributed by atoms with van der Waals surface area (Å²) in [5, 5.41) is 3.26. The fourth-order valence-corrected chi connectivity index (χ4v) is 5.89. The maximum absolute atomic E-state index is 12.2. The monoisotopic (exact) mass is 320 g/mol. The molecule has 1 aliphatic carbocycles. The Kier molecular flexibility index (Phi) is 6.20. The van der Waals surface area contributed by atoms with E-state index in [4.69, 9.17) is 0 Å². The van der Waals surface area contributed by atoms with Crippen LogP contribution < -0.4 is 5.32 Å². The van der Waals surface area contributed by atoms with Crippen molar-refractivity contribution in [2.75, 3.05) is 30.3 Å². The molecule has 2 atom stereocenters. The largest absolute Gasteiger partial charge is 0.314 e. The molecule has 0 radical (unpaired) electrons. The normalized spacial score (nSPS) is 26.6. The highest BCUT2D eigenvalue weighted by Gasteiger charge is 2.35. The third kappa shape index (κ3) is 4.61. The third-order valence-corrected chi connectivity index (χ3v) is 7.62. The molecule has 118 valence electrons. The van der Waals surface area contributed by atoms with Gasteiger partial charge in [-0.1, -0.05) is 6.92 Å². The number of sulfone groups is 1. The summed E-state index contributed by atoms with van der Waals surface area (Å²) >= 11 is 1.77. The van der Waals surface area contributed by atoms with Gasteiger partial charge in [-0.2, -0.15) is 11.8 Å². The van der Waals surface area contributed by atoms with Crippen LogP contribution in [0.2, 0.25) is 0 Å². The summed E-state index contributed by atoms with van der Waals surface area (Å²) in [5.41, 5.74) is 0. The Balaban J connectivity index is 1.82. The minimum absolute atomic E-state index is 0.255. The second-order valence-corrected chi connectivity index (χ2v) is 9.54. The SMILES string of the molecule is CCS(=O)(=O)C1CSCCN1C(C)CCCNC1CC1. The summed E-state index contributed by atoms with van der Waals surface area (Å²) in [5.74, 6) is 2.05. The van der Waals surface area contributed by atoms with Crippen molar-refractivity contribution in [1.29, 1.82) is 0 Å². The lowest BCUT2D eigenvalue weighted by Crippen LogP contribution is -2.51. The molecule has 1 N–H and O–H groups in total. The number of hydrogen-bond donors (Lipinski definition) is 1. The summed E-state index contributed by atoms with van der Waals surface area (Å²) in [6.07, 6.45) is 4.88. The van der Waals surface area contributed by atoms with Crippen LogP contribution in [0, 0.1) is 0 Å². The van der Waals surface area contributed by atoms with Crippen LogP contribution in [0.3, 0.4) is 0 Å². The van der Waals surface area contributed by atoms with Gasteiger partial charge in [-0.3, -0.25) is 4.90 Å². The summed E-state index contributed by atoms with van der Waals surface area (Å²) < 4.78 is 24.5. The van der Waals surface area contributed by atoms with E-state index >= 15 is 0 Å². The van der Waals surface area contributed by atoms with Crippen molar-refractivity contribution in [2.24, 2.45) is 0 Å². The number of nitrogens with zero attached hydrogens (tertiary/aromatic N) is 1. The minimum Gasteiger partial charge on any atom is -0.314 e. The smallest absolute Gasteiger partial charge is 0.166 e. The Morgan fingerprint density at radius 2 is 2.15 bits per heavy atom. The first kappa shape index (κ1) is 16.6. The number of nitrogens with one attached hydrogen (secondary N) is 1. The molecule has 1 aliphatic heterocycles. The Morgan fingerprint density at radius 1 is 1.40 bits per heavy atom. The molecule has 0 aromatic heterocycles. The van der Waals surface area contributed by atoms with Gasteiger partial charge in [0.25, 0.3) is 0 Å². The number of rotatable bonds is 8. The van der Waals surface area contributed by atoms with Crippen molar-refractivity contribution in [3.8, 4) is 0 Å². The summed E-state index contributed by atoms with van der Waals surface area (Å²) in [7, 11) is -2.96. The van der Waals surface area contributed by atoms with Gasteiger partial charge in [-0.05, 0) is 39.2 Å². The zero-order valence-electron chi connectivity index (χ0n) is 12.7. The van der Waals surface area contributed by atoms with Crippen molar-refractivity contribution < 1.29 is 8.42 Å². The molecule has 0 aromatic carbocycles. The summed E-state index contributed by atoms with van der Waals surface area (Å²) in [6, 6.07) is 1.13. The van der Waals surface area contributed by atoms with Gasteiger partial charge in [-0.15, -0.1) is 0 Å². The van der Waals surface area contributed by atoms with Crippen LogP contribution in [0.4, 0.5) is 0 Å². The average Bonchev–Trinajstić information content (AvgIpc) is 3.27. The quantitative estimate of drug-likeness (QED) is 0.690. The van der Waals surface area contributed by atoms with E-state index in [1.807, 2.05) is 0 Å². The van der Waals surface area contributed by atoms with Gasteiger partial charge in [0.15, 0.2) is 9.84 Å². The van der Waals surface area contributed by atoms with Gasteiger partial charge in [-0.25, -0.2) is 8.42 Å². The molecule has 4 nitrogen and oxygen atoms in total. The van der Waals surface area contributed by atoms with Crippen LogP contribution in [-0.4, -0.2) is 61.1 Å². The molecule has 0 spiro atoms. The zero-order chi connectivity index (χ0) is 14.6. The Bertz CT molecular complexity index is 396. The fraction of sp³-hybridized carbons (Fsp3) is 1.00. The zero-order valence-corrected chi connectivity index (χ0v) is 14.3. The standard InChI is InChI=1S/C14H28N2O2S2/c1-3-20(17,18)14-11-19-10-9-16(14)12(2)5-4-8-15-13-6-7-13/h12-15H,3-11H2,1-2H3. The maximum Gasteiger partial charge on any atom is 0.166 e. The molecule has 1 saturated carbocycles. The summed E-state index contributed by atoms with van der Waals surface area (Å²) in [6.45, 7) is 5.93. The van der Waals surface area contributed by atoms with Crippen LogP contribution in [0.1, 0.15) is 39.5 Å². The van der Waals surface area contributed by atoms with E-state index < -0.39 is 9.84 Å². The molecule has 1 heterocycles. The second kappa shape index (κ2) is 7.47. The van der Waals surface area contributed by atoms with Gasteiger partial charge in [0, 0.05) is 35.9 Å². The summed E-state index contributed by atoms with van der Waals surface area (Å²) in [4.78, 5) is 2.23. The lowest BCUT2D eigenvalue weighted by molar-refractivity contribution is 0.193. The second-order valence-electron chi connectivity index (χ2n) is 5.94. The van der Waals surface area contributed by atoms with Gasteiger partial charge >= 0.3 is 0 Å². The highest BCUT2D eigenvalue weighted by atomic mass is 32.2. The van der Waals surface area contributed by atoms with E-state index in [1.54, 1.807) is 18.7 Å². The molecule has 2 unspecified atom stereocenters. The fourth-order valence-electron chi connectivity index (χ4n) is 2.76. The maximum atomic E-state index is 12.2. The molecule has 2 rings (SSSR count). The van der Waals surface area contributed by atoms with Crippen LogP contribution in [-0.2, 0) is 9.84 Å². The predicted molar refractivity (Wildman–Crippen MR) is 87.0 cm³/mol. The lowest BCUT2D eigenvalue weighted by atomic mass is 10.1. The molecule has 1 saturated heterocycles. The van der Waals surface area contributed by atoms with Crippen LogP contribution in [0.5, 0.6) is 0 Å². The van der Waals surface area contributed by atoms with Crippen molar-refractivity contribution in [1.82, 2.24) is 10.2 Å². The van der Waals surface area contributed by atoms with E-state index in [1.165, 1.54) is 12.8 Å². The van der Waals surface area contributed by atoms with Crippen molar-refractivity contribution in [3.63, 3.8) is 0 Å².